The number of fused-ring (bicyclic) bond motifs is 1. The van der Waals surface area contributed by atoms with Gasteiger partial charge in [0.25, 0.3) is 5.91 Å². The van der Waals surface area contributed by atoms with Crippen LogP contribution in [0, 0.1) is 17.2 Å². The smallest absolute Gasteiger partial charge is 0.255 e. The zero-order valence-electron chi connectivity index (χ0n) is 15.1. The Morgan fingerprint density at radius 2 is 2.22 bits per heavy atom. The molecule has 7 nitrogen and oxygen atoms in total. The Balaban J connectivity index is 1.60. The molecule has 2 aliphatic rings. The number of likely N-dealkylation sites (tertiary alicyclic amines) is 1. The Kier molecular flexibility index (Phi) is 6.78. The van der Waals surface area contributed by atoms with Crippen LogP contribution in [0.25, 0.3) is 0 Å². The summed E-state index contributed by atoms with van der Waals surface area (Å²) < 4.78 is 11.3. The van der Waals surface area contributed by atoms with E-state index in [1.807, 2.05) is 0 Å². The maximum absolute atomic E-state index is 12.7. The second-order valence-electron chi connectivity index (χ2n) is 6.87. The highest BCUT2D eigenvalue weighted by Gasteiger charge is 2.28. The molecule has 2 heterocycles. The third-order valence-corrected chi connectivity index (χ3v) is 5.15. The summed E-state index contributed by atoms with van der Waals surface area (Å²) in [5, 5.41) is 22.3. The van der Waals surface area contributed by atoms with E-state index in [1.165, 1.54) is 0 Å². The first kappa shape index (κ1) is 19.7. The largest absolute Gasteiger partial charge is 0.489 e. The summed E-state index contributed by atoms with van der Waals surface area (Å²) in [5.41, 5.74) is 0.348. The van der Waals surface area contributed by atoms with Crippen molar-refractivity contribution in [1.29, 1.82) is 5.26 Å². The number of carbonyl (C=O) groups is 1. The van der Waals surface area contributed by atoms with E-state index in [9.17, 15) is 9.90 Å². The van der Waals surface area contributed by atoms with Crippen LogP contribution in [0.4, 0.5) is 0 Å². The molecule has 0 spiro atoms. The standard InChI is InChI=1S/C19H24ClN3O4/c20-14-9-15(18-17(10-14)26-7-2-8-27-18)19(25)22-11-13-3-6-23(5-1-4-21)12-16(13)24/h9-10,13,16,24H,1-3,5-8,11-12H2,(H,22,25)/t13-,16+/m0/s1. The Morgan fingerprint density at radius 3 is 3.00 bits per heavy atom. The first-order valence-electron chi connectivity index (χ1n) is 9.23. The van der Waals surface area contributed by atoms with E-state index >= 15 is 0 Å². The molecule has 0 bridgehead atoms. The van der Waals surface area contributed by atoms with Gasteiger partial charge in [-0.2, -0.15) is 5.26 Å². The number of nitrogens with zero attached hydrogens (tertiary/aromatic N) is 2. The molecule has 1 amide bonds. The molecule has 2 atom stereocenters. The van der Waals surface area contributed by atoms with Crippen molar-refractivity contribution >= 4 is 17.5 Å². The van der Waals surface area contributed by atoms with Gasteiger partial charge in [0.05, 0.1) is 31.0 Å². The summed E-state index contributed by atoms with van der Waals surface area (Å²) in [4.78, 5) is 14.8. The zero-order valence-corrected chi connectivity index (χ0v) is 15.9. The Morgan fingerprint density at radius 1 is 1.41 bits per heavy atom. The molecule has 3 rings (SSSR count). The summed E-state index contributed by atoms with van der Waals surface area (Å²) in [6.07, 6.45) is 1.42. The van der Waals surface area contributed by atoms with Crippen LogP contribution in [-0.4, -0.2) is 61.4 Å². The van der Waals surface area contributed by atoms with E-state index in [4.69, 9.17) is 26.3 Å². The van der Waals surface area contributed by atoms with E-state index in [0.29, 0.717) is 61.4 Å². The van der Waals surface area contributed by atoms with Crippen molar-refractivity contribution in [3.63, 3.8) is 0 Å². The molecule has 1 aromatic carbocycles. The highest BCUT2D eigenvalue weighted by Crippen LogP contribution is 2.36. The van der Waals surface area contributed by atoms with Crippen molar-refractivity contribution in [2.45, 2.75) is 25.4 Å². The van der Waals surface area contributed by atoms with Crippen LogP contribution in [-0.2, 0) is 0 Å². The number of β-amino-alcohol motifs (C(OH)–C–C–N with tert-alkyl or cyclic N) is 1. The molecule has 0 radical (unpaired) electrons. The number of rotatable bonds is 5. The summed E-state index contributed by atoms with van der Waals surface area (Å²) in [7, 11) is 0. The number of ether oxygens (including phenoxy) is 2. The minimum atomic E-state index is -0.534. The molecule has 27 heavy (non-hydrogen) atoms. The number of hydrogen-bond donors (Lipinski definition) is 2. The fourth-order valence-electron chi connectivity index (χ4n) is 3.42. The zero-order chi connectivity index (χ0) is 19.2. The average molecular weight is 394 g/mol. The number of nitrogens with one attached hydrogen (secondary N) is 1. The third kappa shape index (κ3) is 5.04. The number of nitriles is 1. The van der Waals surface area contributed by atoms with Crippen LogP contribution in [0.2, 0.25) is 5.02 Å². The SMILES string of the molecule is N#CCCN1CC[C@@H](CNC(=O)c2cc(Cl)cc3c2OCCCO3)[C@H](O)C1. The number of halogens is 1. The summed E-state index contributed by atoms with van der Waals surface area (Å²) >= 11 is 6.12. The van der Waals surface area contributed by atoms with Gasteiger partial charge >= 0.3 is 0 Å². The fraction of sp³-hybridized carbons (Fsp3) is 0.579. The molecule has 2 aliphatic heterocycles. The Labute approximate surface area is 163 Å². The molecular weight excluding hydrogens is 370 g/mol. The second kappa shape index (κ2) is 9.27. The van der Waals surface area contributed by atoms with Gasteiger partial charge in [-0.15, -0.1) is 0 Å². The van der Waals surface area contributed by atoms with Crippen LogP contribution in [0.5, 0.6) is 11.5 Å². The first-order chi connectivity index (χ1) is 13.1. The van der Waals surface area contributed by atoms with Gasteiger partial charge in [0, 0.05) is 49.5 Å². The summed E-state index contributed by atoms with van der Waals surface area (Å²) in [5.74, 6) is 0.581. The van der Waals surface area contributed by atoms with Crippen LogP contribution >= 0.6 is 11.6 Å². The lowest BCUT2D eigenvalue weighted by atomic mass is 9.93. The summed E-state index contributed by atoms with van der Waals surface area (Å²) in [6, 6.07) is 5.35. The first-order valence-corrected chi connectivity index (χ1v) is 9.61. The van der Waals surface area contributed by atoms with E-state index in [0.717, 1.165) is 19.4 Å². The van der Waals surface area contributed by atoms with Crippen molar-refractivity contribution in [2.75, 3.05) is 39.4 Å². The topological polar surface area (TPSA) is 94.8 Å². The van der Waals surface area contributed by atoms with Crippen molar-refractivity contribution in [3.8, 4) is 17.6 Å². The fourth-order valence-corrected chi connectivity index (χ4v) is 3.63. The second-order valence-corrected chi connectivity index (χ2v) is 7.30. The van der Waals surface area contributed by atoms with E-state index in [2.05, 4.69) is 16.3 Å². The van der Waals surface area contributed by atoms with Gasteiger partial charge < -0.3 is 19.9 Å². The van der Waals surface area contributed by atoms with E-state index in [1.54, 1.807) is 12.1 Å². The van der Waals surface area contributed by atoms with Gasteiger partial charge in [0.2, 0.25) is 0 Å². The molecular formula is C19H24ClN3O4. The highest BCUT2D eigenvalue weighted by molar-refractivity contribution is 6.31. The van der Waals surface area contributed by atoms with E-state index in [-0.39, 0.29) is 11.8 Å². The molecule has 8 heteroatoms. The van der Waals surface area contributed by atoms with Gasteiger partial charge in [-0.25, -0.2) is 0 Å². The molecule has 1 fully saturated rings. The number of benzene rings is 1. The number of hydrogen-bond acceptors (Lipinski definition) is 6. The lowest BCUT2D eigenvalue weighted by Crippen LogP contribution is -2.47. The third-order valence-electron chi connectivity index (χ3n) is 4.93. The van der Waals surface area contributed by atoms with Crippen molar-refractivity contribution in [1.82, 2.24) is 10.2 Å². The normalized spacial score (nSPS) is 22.6. The molecule has 1 saturated heterocycles. The molecule has 146 valence electrons. The van der Waals surface area contributed by atoms with Gasteiger partial charge in [-0.05, 0) is 19.0 Å². The van der Waals surface area contributed by atoms with Crippen molar-refractivity contribution in [2.24, 2.45) is 5.92 Å². The van der Waals surface area contributed by atoms with Gasteiger partial charge in [0.1, 0.15) is 0 Å². The van der Waals surface area contributed by atoms with Gasteiger partial charge in [-0.1, -0.05) is 11.6 Å². The number of amides is 1. The maximum atomic E-state index is 12.7. The minimum absolute atomic E-state index is 0.0257. The molecule has 2 N–H and O–H groups in total. The molecule has 0 unspecified atom stereocenters. The predicted octanol–water partition coefficient (Wildman–Crippen LogP) is 1.83. The number of aliphatic hydroxyl groups excluding tert-OH is 1. The number of carbonyl (C=O) groups excluding carboxylic acids is 1. The van der Waals surface area contributed by atoms with Crippen LogP contribution in [0.1, 0.15) is 29.6 Å². The van der Waals surface area contributed by atoms with Crippen LogP contribution in [0.3, 0.4) is 0 Å². The molecule has 0 saturated carbocycles. The lowest BCUT2D eigenvalue weighted by molar-refractivity contribution is 0.0230. The number of aliphatic hydroxyl groups is 1. The minimum Gasteiger partial charge on any atom is -0.489 e. The Bertz CT molecular complexity index is 722. The van der Waals surface area contributed by atoms with Gasteiger partial charge in [0.15, 0.2) is 11.5 Å². The van der Waals surface area contributed by atoms with Crippen LogP contribution < -0.4 is 14.8 Å². The van der Waals surface area contributed by atoms with Crippen molar-refractivity contribution in [3.05, 3.63) is 22.7 Å². The van der Waals surface area contributed by atoms with Crippen LogP contribution in [0.15, 0.2) is 12.1 Å². The molecule has 0 aromatic heterocycles. The average Bonchev–Trinajstić information content (AvgIpc) is 2.90. The summed E-state index contributed by atoms with van der Waals surface area (Å²) in [6.45, 7) is 3.36. The quantitative estimate of drug-likeness (QED) is 0.792. The van der Waals surface area contributed by atoms with Crippen molar-refractivity contribution < 1.29 is 19.4 Å². The van der Waals surface area contributed by atoms with Gasteiger partial charge in [-0.3, -0.25) is 9.69 Å². The Hall–Kier alpha value is -2.01. The predicted molar refractivity (Wildman–Crippen MR) is 100 cm³/mol. The van der Waals surface area contributed by atoms with E-state index < -0.39 is 6.10 Å². The monoisotopic (exact) mass is 393 g/mol. The molecule has 1 aromatic rings. The maximum Gasteiger partial charge on any atom is 0.255 e. The highest BCUT2D eigenvalue weighted by atomic mass is 35.5. The number of piperidine rings is 1. The molecule has 0 aliphatic carbocycles. The lowest BCUT2D eigenvalue weighted by Gasteiger charge is -2.35.